The molecule has 0 spiro atoms. The van der Waals surface area contributed by atoms with E-state index in [1.165, 1.54) is 96.3 Å². The Morgan fingerprint density at radius 3 is 1.37 bits per heavy atom. The van der Waals surface area contributed by atoms with E-state index in [1.807, 2.05) is 24.3 Å². The number of unbranched alkanes of at least 4 members (excludes halogenated alkanes) is 15. The first-order valence-electron chi connectivity index (χ1n) is 13.8. The molecule has 0 saturated heterocycles. The van der Waals surface area contributed by atoms with Gasteiger partial charge in [-0.25, -0.2) is 0 Å². The van der Waals surface area contributed by atoms with Gasteiger partial charge in [0.05, 0.1) is 12.6 Å². The molecule has 2 rings (SSSR count). The maximum Gasteiger partial charge on any atom is 1.00 e. The fourth-order valence-corrected chi connectivity index (χ4v) is 4.38. The molecule has 0 radical (unpaired) electrons. The molecule has 0 aliphatic carbocycles. The molecule has 0 aliphatic heterocycles. The van der Waals surface area contributed by atoms with Gasteiger partial charge in [0.2, 0.25) is 0 Å². The number of carbonyl (C=O) groups excluding carboxylic acids is 1. The van der Waals surface area contributed by atoms with E-state index in [1.54, 1.807) is 24.3 Å². The van der Waals surface area contributed by atoms with Crippen molar-refractivity contribution in [3.8, 4) is 16.9 Å². The average Bonchev–Trinajstić information content (AvgIpc) is 2.86. The topological polar surface area (TPSA) is 49.4 Å². The standard InChI is InChI=1S/C31H46O3.Ag/c1-2-3-4-5-6-7-8-9-10-11-12-13-14-15-16-17-26-34-30-24-22-28(23-25-30)27-18-20-29(21-19-27)31(32)33;/h18-25H,2-17,26H2,1H3,(H,32,33);/q;+1/p-1. The molecule has 0 aromatic heterocycles. The van der Waals surface area contributed by atoms with Gasteiger partial charge in [-0.05, 0) is 35.2 Å². The number of carbonyl (C=O) groups is 1. The first-order chi connectivity index (χ1) is 16.7. The van der Waals surface area contributed by atoms with Crippen LogP contribution in [0.5, 0.6) is 5.75 Å². The zero-order valence-electron chi connectivity index (χ0n) is 21.7. The molecule has 198 valence electrons. The molecule has 0 amide bonds. The van der Waals surface area contributed by atoms with Crippen LogP contribution < -0.4 is 9.84 Å². The zero-order valence-corrected chi connectivity index (χ0v) is 23.1. The predicted octanol–water partition coefficient (Wildman–Crippen LogP) is 8.35. The molecule has 35 heavy (non-hydrogen) atoms. The van der Waals surface area contributed by atoms with Gasteiger partial charge < -0.3 is 14.6 Å². The summed E-state index contributed by atoms with van der Waals surface area (Å²) in [4.78, 5) is 10.9. The van der Waals surface area contributed by atoms with E-state index in [-0.39, 0.29) is 27.9 Å². The Bertz CT molecular complexity index is 771. The van der Waals surface area contributed by atoms with Crippen LogP contribution >= 0.6 is 0 Å². The summed E-state index contributed by atoms with van der Waals surface area (Å²) in [5.74, 6) is -0.263. The van der Waals surface area contributed by atoms with Crippen molar-refractivity contribution in [2.75, 3.05) is 6.61 Å². The summed E-state index contributed by atoms with van der Waals surface area (Å²) in [6.45, 7) is 3.04. The monoisotopic (exact) mass is 572 g/mol. The van der Waals surface area contributed by atoms with E-state index >= 15 is 0 Å². The van der Waals surface area contributed by atoms with E-state index in [9.17, 15) is 9.90 Å². The third-order valence-corrected chi connectivity index (χ3v) is 6.57. The summed E-state index contributed by atoms with van der Waals surface area (Å²) < 4.78 is 5.88. The van der Waals surface area contributed by atoms with Crippen LogP contribution in [-0.2, 0) is 22.4 Å². The van der Waals surface area contributed by atoms with Gasteiger partial charge in [0, 0.05) is 0 Å². The molecular formula is C31H45AgO3. The molecule has 0 atom stereocenters. The Morgan fingerprint density at radius 2 is 0.971 bits per heavy atom. The van der Waals surface area contributed by atoms with Crippen molar-refractivity contribution < 1.29 is 37.0 Å². The molecule has 0 unspecified atom stereocenters. The van der Waals surface area contributed by atoms with E-state index < -0.39 is 5.97 Å². The molecule has 2 aromatic rings. The second kappa shape index (κ2) is 20.6. The molecule has 0 heterocycles. The smallest absolute Gasteiger partial charge is 0.545 e. The Morgan fingerprint density at radius 1 is 0.600 bits per heavy atom. The third-order valence-electron chi connectivity index (χ3n) is 6.57. The van der Waals surface area contributed by atoms with Crippen LogP contribution in [0.1, 0.15) is 120 Å². The van der Waals surface area contributed by atoms with Crippen molar-refractivity contribution in [2.24, 2.45) is 0 Å². The summed E-state index contributed by atoms with van der Waals surface area (Å²) in [7, 11) is 0. The van der Waals surface area contributed by atoms with Crippen molar-refractivity contribution in [1.29, 1.82) is 0 Å². The van der Waals surface area contributed by atoms with Crippen LogP contribution in [0.3, 0.4) is 0 Å². The summed E-state index contributed by atoms with van der Waals surface area (Å²) in [6.07, 6.45) is 22.0. The second-order valence-corrected chi connectivity index (χ2v) is 9.54. The number of carboxylic acid groups (broad SMARTS) is 1. The minimum atomic E-state index is -1.15. The molecule has 0 bridgehead atoms. The first-order valence-corrected chi connectivity index (χ1v) is 13.8. The molecule has 0 fully saturated rings. The maximum atomic E-state index is 10.9. The summed E-state index contributed by atoms with van der Waals surface area (Å²) in [5, 5.41) is 10.9. The van der Waals surface area contributed by atoms with Gasteiger partial charge in [0.25, 0.3) is 0 Å². The van der Waals surface area contributed by atoms with Crippen LogP contribution in [0, 0.1) is 0 Å². The number of rotatable bonds is 20. The van der Waals surface area contributed by atoms with Crippen molar-refractivity contribution in [3.63, 3.8) is 0 Å². The first kappa shape index (κ1) is 31.5. The van der Waals surface area contributed by atoms with Crippen molar-refractivity contribution >= 4 is 5.97 Å². The van der Waals surface area contributed by atoms with Gasteiger partial charge in [0.1, 0.15) is 5.75 Å². The van der Waals surface area contributed by atoms with E-state index in [4.69, 9.17) is 4.74 Å². The van der Waals surface area contributed by atoms with Gasteiger partial charge in [-0.2, -0.15) is 0 Å². The van der Waals surface area contributed by atoms with Gasteiger partial charge in [-0.1, -0.05) is 140 Å². The summed E-state index contributed by atoms with van der Waals surface area (Å²) in [6, 6.07) is 14.7. The zero-order chi connectivity index (χ0) is 24.3. The molecule has 3 nitrogen and oxygen atoms in total. The normalized spacial score (nSPS) is 10.7. The van der Waals surface area contributed by atoms with Crippen LogP contribution in [0.2, 0.25) is 0 Å². The molecule has 0 N–H and O–H groups in total. The molecule has 0 saturated carbocycles. The predicted molar refractivity (Wildman–Crippen MR) is 141 cm³/mol. The quantitative estimate of drug-likeness (QED) is 0.118. The van der Waals surface area contributed by atoms with E-state index in [2.05, 4.69) is 6.92 Å². The van der Waals surface area contributed by atoms with Crippen LogP contribution in [0.4, 0.5) is 0 Å². The molecule has 4 heteroatoms. The van der Waals surface area contributed by atoms with Crippen molar-refractivity contribution in [3.05, 3.63) is 54.1 Å². The van der Waals surface area contributed by atoms with Crippen molar-refractivity contribution in [1.82, 2.24) is 0 Å². The number of hydrogen-bond acceptors (Lipinski definition) is 3. The third kappa shape index (κ3) is 14.6. The number of ether oxygens (including phenoxy) is 1. The van der Waals surface area contributed by atoms with Gasteiger partial charge in [-0.15, -0.1) is 0 Å². The van der Waals surface area contributed by atoms with Gasteiger partial charge >= 0.3 is 22.4 Å². The Balaban J connectivity index is 0.00000612. The van der Waals surface area contributed by atoms with E-state index in [0.717, 1.165) is 29.9 Å². The molecular weight excluding hydrogens is 528 g/mol. The SMILES string of the molecule is CCCCCCCCCCCCCCCCCCOc1ccc(-c2ccc(C(=O)[O-])cc2)cc1.[Ag+]. The van der Waals surface area contributed by atoms with Crippen molar-refractivity contribution in [2.45, 2.75) is 110 Å². The summed E-state index contributed by atoms with van der Waals surface area (Å²) >= 11 is 0. The average molecular weight is 574 g/mol. The van der Waals surface area contributed by atoms with E-state index in [0.29, 0.717) is 0 Å². The summed E-state index contributed by atoms with van der Waals surface area (Å²) in [5.41, 5.74) is 2.22. The fraction of sp³-hybridized carbons (Fsp3) is 0.581. The molecule has 0 aliphatic rings. The van der Waals surface area contributed by atoms with Crippen LogP contribution in [0.25, 0.3) is 11.1 Å². The van der Waals surface area contributed by atoms with Gasteiger partial charge in [-0.3, -0.25) is 0 Å². The molecule has 2 aromatic carbocycles. The largest absolute Gasteiger partial charge is 1.00 e. The number of hydrogen-bond donors (Lipinski definition) is 0. The minimum absolute atomic E-state index is 0. The fourth-order valence-electron chi connectivity index (χ4n) is 4.38. The van der Waals surface area contributed by atoms with Gasteiger partial charge in [0.15, 0.2) is 0 Å². The number of benzene rings is 2. The Hall–Kier alpha value is -1.55. The second-order valence-electron chi connectivity index (χ2n) is 9.54. The number of carboxylic acids is 1. The maximum absolute atomic E-state index is 10.9. The van der Waals surface area contributed by atoms with Crippen LogP contribution in [0.15, 0.2) is 48.5 Å². The number of aromatic carboxylic acids is 1. The van der Waals surface area contributed by atoms with Crippen LogP contribution in [-0.4, -0.2) is 12.6 Å². The Labute approximate surface area is 229 Å². The minimum Gasteiger partial charge on any atom is -0.545 e. The Kier molecular flexibility index (Phi) is 18.5.